The Morgan fingerprint density at radius 2 is 1.70 bits per heavy atom. The molecule has 1 aliphatic carbocycles. The van der Waals surface area contributed by atoms with Crippen LogP contribution in [0.1, 0.15) is 18.4 Å². The van der Waals surface area contributed by atoms with E-state index in [9.17, 15) is 14.4 Å². The van der Waals surface area contributed by atoms with E-state index in [1.54, 1.807) is 4.90 Å². The van der Waals surface area contributed by atoms with Crippen LogP contribution < -0.4 is 0 Å². The zero-order valence-corrected chi connectivity index (χ0v) is 14.9. The number of H-pyrrole nitrogens is 1. The summed E-state index contributed by atoms with van der Waals surface area (Å²) in [5.74, 6) is -0.461. The second kappa shape index (κ2) is 6.08. The highest BCUT2D eigenvalue weighted by atomic mass is 16.2. The van der Waals surface area contributed by atoms with Crippen molar-refractivity contribution in [2.75, 3.05) is 13.1 Å². The third-order valence-electron chi connectivity index (χ3n) is 6.14. The molecule has 3 aliphatic rings. The second-order valence-electron chi connectivity index (χ2n) is 7.69. The summed E-state index contributed by atoms with van der Waals surface area (Å²) in [5, 5.41) is 1.06. The summed E-state index contributed by atoms with van der Waals surface area (Å²) in [7, 11) is 0. The molecule has 0 saturated carbocycles. The summed E-state index contributed by atoms with van der Waals surface area (Å²) < 4.78 is 0. The normalized spacial score (nSPS) is 25.2. The van der Waals surface area contributed by atoms with Gasteiger partial charge in [-0.3, -0.25) is 19.3 Å². The van der Waals surface area contributed by atoms with Crippen molar-refractivity contribution in [1.29, 1.82) is 0 Å². The molecule has 1 aromatic carbocycles. The Morgan fingerprint density at radius 1 is 1.04 bits per heavy atom. The number of aromatic nitrogens is 1. The highest BCUT2D eigenvalue weighted by Gasteiger charge is 2.52. The number of hydrogen-bond donors (Lipinski definition) is 1. The lowest BCUT2D eigenvalue weighted by Crippen LogP contribution is -2.62. The molecule has 0 spiro atoms. The molecule has 0 radical (unpaired) electrons. The summed E-state index contributed by atoms with van der Waals surface area (Å²) >= 11 is 0. The number of amides is 3. The van der Waals surface area contributed by atoms with Crippen molar-refractivity contribution in [3.8, 4) is 0 Å². The molecule has 2 unspecified atom stereocenters. The van der Waals surface area contributed by atoms with Gasteiger partial charge in [-0.15, -0.1) is 0 Å². The molecule has 3 heterocycles. The average Bonchev–Trinajstić information content (AvgIpc) is 3.16. The van der Waals surface area contributed by atoms with Crippen LogP contribution in [-0.2, 0) is 20.8 Å². The fraction of sp³-hybridized carbons (Fsp3) is 0.381. The first-order valence-electron chi connectivity index (χ1n) is 9.48. The number of nitrogens with one attached hydrogen (secondary N) is 1. The van der Waals surface area contributed by atoms with Crippen molar-refractivity contribution < 1.29 is 14.4 Å². The smallest absolute Gasteiger partial charge is 0.233 e. The monoisotopic (exact) mass is 363 g/mol. The number of benzene rings is 1. The van der Waals surface area contributed by atoms with E-state index in [1.807, 2.05) is 42.6 Å². The molecule has 2 saturated heterocycles. The number of imide groups is 1. The minimum absolute atomic E-state index is 0.0363. The van der Waals surface area contributed by atoms with Gasteiger partial charge in [-0.05, 0) is 24.5 Å². The fourth-order valence-electron chi connectivity index (χ4n) is 4.56. The number of nitrogens with zero attached hydrogens (tertiary/aromatic N) is 2. The molecular weight excluding hydrogens is 342 g/mol. The summed E-state index contributed by atoms with van der Waals surface area (Å²) in [5.41, 5.74) is 2.00. The Morgan fingerprint density at radius 3 is 2.41 bits per heavy atom. The van der Waals surface area contributed by atoms with Crippen molar-refractivity contribution in [2.24, 2.45) is 11.8 Å². The maximum Gasteiger partial charge on any atom is 0.233 e. The Hall–Kier alpha value is -2.89. The van der Waals surface area contributed by atoms with Gasteiger partial charge in [-0.2, -0.15) is 0 Å². The number of likely N-dealkylation sites (tertiary alicyclic amines) is 2. The highest BCUT2D eigenvalue weighted by molar-refractivity contribution is 6.06. The molecule has 1 N–H and O–H groups in total. The average molecular weight is 363 g/mol. The molecule has 6 nitrogen and oxygen atoms in total. The Kier molecular flexibility index (Phi) is 3.67. The molecule has 2 aliphatic heterocycles. The van der Waals surface area contributed by atoms with Gasteiger partial charge in [-0.1, -0.05) is 30.4 Å². The van der Waals surface area contributed by atoms with Crippen molar-refractivity contribution in [3.05, 3.63) is 48.2 Å². The number of aromatic amines is 1. The number of allylic oxidation sites excluding steroid dienone is 2. The molecule has 2 atom stereocenters. The number of hydrogen-bond acceptors (Lipinski definition) is 3. The van der Waals surface area contributed by atoms with E-state index in [2.05, 4.69) is 4.98 Å². The van der Waals surface area contributed by atoms with E-state index in [0.29, 0.717) is 32.4 Å². The largest absolute Gasteiger partial charge is 0.361 e. The van der Waals surface area contributed by atoms with Gasteiger partial charge >= 0.3 is 0 Å². The quantitative estimate of drug-likeness (QED) is 0.668. The van der Waals surface area contributed by atoms with Gasteiger partial charge in [0.1, 0.15) is 0 Å². The van der Waals surface area contributed by atoms with Crippen LogP contribution >= 0.6 is 0 Å². The standard InChI is InChI=1S/C21H21N3O3/c25-19(9-13-10-22-18-8-4-3-5-15(13)18)23-11-14(12-23)24-20(26)16-6-1-2-7-17(16)21(24)27/h1-5,8,10,14,16-17,22H,6-7,9,11-12H2. The molecule has 0 bridgehead atoms. The Bertz CT molecular complexity index is 944. The van der Waals surface area contributed by atoms with Crippen molar-refractivity contribution >= 4 is 28.6 Å². The number of rotatable bonds is 3. The van der Waals surface area contributed by atoms with Gasteiger partial charge in [0.25, 0.3) is 0 Å². The van der Waals surface area contributed by atoms with Gasteiger partial charge in [0, 0.05) is 30.2 Å². The maximum absolute atomic E-state index is 12.6. The number of carbonyl (C=O) groups excluding carboxylic acids is 3. The lowest BCUT2D eigenvalue weighted by molar-refractivity contribution is -0.152. The number of carbonyl (C=O) groups is 3. The van der Waals surface area contributed by atoms with E-state index >= 15 is 0 Å². The van der Waals surface area contributed by atoms with Crippen LogP contribution in [0.15, 0.2) is 42.6 Å². The summed E-state index contributed by atoms with van der Waals surface area (Å²) in [6.07, 6.45) is 7.50. The third kappa shape index (κ3) is 2.51. The van der Waals surface area contributed by atoms with Gasteiger partial charge < -0.3 is 9.88 Å². The van der Waals surface area contributed by atoms with Crippen LogP contribution in [0.3, 0.4) is 0 Å². The zero-order chi connectivity index (χ0) is 18.5. The lowest BCUT2D eigenvalue weighted by atomic mass is 9.85. The van der Waals surface area contributed by atoms with Crippen LogP contribution in [0.4, 0.5) is 0 Å². The van der Waals surface area contributed by atoms with Crippen LogP contribution in [0, 0.1) is 11.8 Å². The van der Waals surface area contributed by atoms with E-state index < -0.39 is 0 Å². The van der Waals surface area contributed by atoms with E-state index in [0.717, 1.165) is 16.5 Å². The summed E-state index contributed by atoms with van der Waals surface area (Å²) in [6, 6.07) is 7.75. The Balaban J connectivity index is 1.24. The van der Waals surface area contributed by atoms with Crippen molar-refractivity contribution in [2.45, 2.75) is 25.3 Å². The predicted molar refractivity (Wildman–Crippen MR) is 99.6 cm³/mol. The molecule has 138 valence electrons. The van der Waals surface area contributed by atoms with Crippen molar-refractivity contribution in [1.82, 2.24) is 14.8 Å². The molecule has 27 heavy (non-hydrogen) atoms. The first-order chi connectivity index (χ1) is 13.1. The first kappa shape index (κ1) is 16.3. The second-order valence-corrected chi connectivity index (χ2v) is 7.69. The number of fused-ring (bicyclic) bond motifs is 2. The van der Waals surface area contributed by atoms with E-state index in [4.69, 9.17) is 0 Å². The summed E-state index contributed by atoms with van der Waals surface area (Å²) in [4.78, 5) is 44.3. The molecular formula is C21H21N3O3. The fourth-order valence-corrected chi connectivity index (χ4v) is 4.56. The van der Waals surface area contributed by atoms with E-state index in [-0.39, 0.29) is 35.6 Å². The van der Waals surface area contributed by atoms with Gasteiger partial charge in [0.05, 0.1) is 24.3 Å². The minimum Gasteiger partial charge on any atom is -0.361 e. The minimum atomic E-state index is -0.196. The van der Waals surface area contributed by atoms with Gasteiger partial charge in [-0.25, -0.2) is 0 Å². The highest BCUT2D eigenvalue weighted by Crippen LogP contribution is 2.37. The first-order valence-corrected chi connectivity index (χ1v) is 9.48. The van der Waals surface area contributed by atoms with Crippen molar-refractivity contribution in [3.63, 3.8) is 0 Å². The van der Waals surface area contributed by atoms with Crippen LogP contribution in [0.25, 0.3) is 10.9 Å². The van der Waals surface area contributed by atoms with Gasteiger partial charge in [0.15, 0.2) is 0 Å². The maximum atomic E-state index is 12.6. The molecule has 2 aromatic rings. The predicted octanol–water partition coefficient (Wildman–Crippen LogP) is 1.87. The van der Waals surface area contributed by atoms with Crippen LogP contribution in [0.5, 0.6) is 0 Å². The molecule has 6 heteroatoms. The van der Waals surface area contributed by atoms with Gasteiger partial charge in [0.2, 0.25) is 17.7 Å². The molecule has 3 amide bonds. The van der Waals surface area contributed by atoms with E-state index in [1.165, 1.54) is 4.90 Å². The topological polar surface area (TPSA) is 73.5 Å². The number of para-hydroxylation sites is 1. The summed E-state index contributed by atoms with van der Waals surface area (Å²) in [6.45, 7) is 0.900. The molecule has 1 aromatic heterocycles. The molecule has 5 rings (SSSR count). The SMILES string of the molecule is O=C(Cc1c[nH]c2ccccc12)N1CC(N2C(=O)C3CC=CCC3C2=O)C1. The Labute approximate surface area is 156 Å². The zero-order valence-electron chi connectivity index (χ0n) is 14.9. The van der Waals surface area contributed by atoms with Crippen LogP contribution in [0.2, 0.25) is 0 Å². The molecule has 2 fully saturated rings. The lowest BCUT2D eigenvalue weighted by Gasteiger charge is -2.43. The third-order valence-corrected chi connectivity index (χ3v) is 6.14. The van der Waals surface area contributed by atoms with Crippen LogP contribution in [-0.4, -0.2) is 51.6 Å².